The Morgan fingerprint density at radius 3 is 1.18 bits per heavy atom. The van der Waals surface area contributed by atoms with Crippen LogP contribution in [0.25, 0.3) is 24.3 Å². The zero-order chi connectivity index (χ0) is 34.3. The molecule has 0 nitrogen and oxygen atoms in total. The third-order valence-corrected chi connectivity index (χ3v) is 24.2. The molecule has 252 valence electrons. The summed E-state index contributed by atoms with van der Waals surface area (Å²) in [6, 6.07) is 51.2. The van der Waals surface area contributed by atoms with Crippen LogP contribution in [0.4, 0.5) is 0 Å². The molecule has 51 heavy (non-hydrogen) atoms. The lowest BCUT2D eigenvalue weighted by atomic mass is 10.1. The first-order valence-electron chi connectivity index (χ1n) is 19.3. The highest BCUT2D eigenvalue weighted by Crippen LogP contribution is 2.51. The summed E-state index contributed by atoms with van der Waals surface area (Å²) in [7, 11) is -4.05. The van der Waals surface area contributed by atoms with Crippen molar-refractivity contribution < 1.29 is 0 Å². The van der Waals surface area contributed by atoms with Crippen LogP contribution in [0, 0.1) is 0 Å². The van der Waals surface area contributed by atoms with Crippen molar-refractivity contribution in [2.75, 3.05) is 0 Å². The average Bonchev–Trinajstić information content (AvgIpc) is 4.00. The predicted octanol–water partition coefficient (Wildman–Crippen LogP) is 12.4. The molecule has 2 heteroatoms. The Morgan fingerprint density at radius 2 is 0.725 bits per heavy atom. The highest BCUT2D eigenvalue weighted by molar-refractivity contribution is 6.95. The third kappa shape index (κ3) is 5.55. The number of hydrogen-bond donors (Lipinski definition) is 0. The minimum Gasteiger partial charge on any atom is -0.0791 e. The molecule has 4 atom stereocenters. The maximum atomic E-state index is 2.72. The highest BCUT2D eigenvalue weighted by Gasteiger charge is 2.51. The van der Waals surface area contributed by atoms with Crippen LogP contribution in [0.5, 0.6) is 0 Å². The van der Waals surface area contributed by atoms with Crippen LogP contribution in [0.1, 0.15) is 92.4 Å². The summed E-state index contributed by atoms with van der Waals surface area (Å²) >= 11 is 0. The molecular formula is C49H48Si2. The standard InChI is InChI=1S/C49H48Si2/c1-50(46-31-27-37-17-7-11-23-42(37)46,47-32-28-38-18-8-12-24-43(38)47)35-15-2-3-16-36-51(41-21-5-4-6-22-41,48-33-29-39-19-9-13-25-44(39)48)49-34-30-40-20-10-14-26-45(40)49/h4-14,17-34,46-49H,2-3,15-16,35-36H2,1H3. The van der Waals surface area contributed by atoms with E-state index in [1.807, 2.05) is 0 Å². The second-order valence-corrected chi connectivity index (χ2v) is 24.8. The van der Waals surface area contributed by atoms with E-state index in [-0.39, 0.29) is 0 Å². The maximum Gasteiger partial charge on any atom is 0.109 e. The van der Waals surface area contributed by atoms with E-state index in [0.717, 1.165) is 0 Å². The molecule has 0 radical (unpaired) electrons. The van der Waals surface area contributed by atoms with Gasteiger partial charge in [0.05, 0.1) is 8.07 Å². The van der Waals surface area contributed by atoms with Crippen molar-refractivity contribution >= 4 is 45.6 Å². The largest absolute Gasteiger partial charge is 0.109 e. The molecule has 0 bridgehead atoms. The molecule has 0 saturated heterocycles. The molecule has 0 heterocycles. The number of hydrogen-bond acceptors (Lipinski definition) is 0. The van der Waals surface area contributed by atoms with Crippen molar-refractivity contribution in [1.82, 2.24) is 0 Å². The number of allylic oxidation sites excluding steroid dienone is 4. The van der Waals surface area contributed by atoms with E-state index >= 15 is 0 Å². The van der Waals surface area contributed by atoms with Crippen molar-refractivity contribution in [2.45, 2.75) is 66.5 Å². The maximum absolute atomic E-state index is 2.72. The molecule has 4 unspecified atom stereocenters. The molecular weight excluding hydrogens is 645 g/mol. The van der Waals surface area contributed by atoms with Gasteiger partial charge in [-0.2, -0.15) is 0 Å². The minimum absolute atomic E-state index is 0.469. The van der Waals surface area contributed by atoms with Gasteiger partial charge in [-0.25, -0.2) is 0 Å². The number of fused-ring (bicyclic) bond motifs is 4. The minimum atomic E-state index is -2.21. The van der Waals surface area contributed by atoms with Gasteiger partial charge in [0.15, 0.2) is 0 Å². The fourth-order valence-corrected chi connectivity index (χ4v) is 21.8. The molecule has 9 rings (SSSR count). The summed E-state index contributed by atoms with van der Waals surface area (Å²) in [6.45, 7) is 2.72. The Kier molecular flexibility index (Phi) is 8.62. The van der Waals surface area contributed by atoms with Gasteiger partial charge < -0.3 is 0 Å². The molecule has 0 N–H and O–H groups in total. The summed E-state index contributed by atoms with van der Waals surface area (Å²) in [4.78, 5) is 0. The predicted molar refractivity (Wildman–Crippen MR) is 224 cm³/mol. The average molecular weight is 693 g/mol. The molecule has 0 spiro atoms. The normalized spacial score (nSPS) is 22.7. The summed E-state index contributed by atoms with van der Waals surface area (Å²) in [5.74, 6) is 0. The molecule has 4 aliphatic rings. The smallest absolute Gasteiger partial charge is 0.0791 e. The first-order chi connectivity index (χ1) is 25.2. The van der Waals surface area contributed by atoms with Crippen molar-refractivity contribution in [3.63, 3.8) is 0 Å². The highest BCUT2D eigenvalue weighted by atomic mass is 28.3. The second-order valence-electron chi connectivity index (χ2n) is 15.7. The van der Waals surface area contributed by atoms with E-state index < -0.39 is 16.1 Å². The van der Waals surface area contributed by atoms with Gasteiger partial charge in [-0.3, -0.25) is 0 Å². The van der Waals surface area contributed by atoms with Gasteiger partial charge in [0.25, 0.3) is 0 Å². The van der Waals surface area contributed by atoms with Crippen LogP contribution in [0.15, 0.2) is 152 Å². The van der Waals surface area contributed by atoms with Crippen LogP contribution in [0.2, 0.25) is 18.6 Å². The Balaban J connectivity index is 0.989. The van der Waals surface area contributed by atoms with Crippen molar-refractivity contribution in [3.8, 4) is 0 Å². The molecule has 5 aromatic carbocycles. The van der Waals surface area contributed by atoms with Gasteiger partial charge in [0, 0.05) is 11.1 Å². The topological polar surface area (TPSA) is 0 Å². The summed E-state index contributed by atoms with van der Waals surface area (Å²) in [5, 5.41) is 1.61. The molecule has 5 aromatic rings. The van der Waals surface area contributed by atoms with Crippen molar-refractivity contribution in [3.05, 3.63) is 196 Å². The Morgan fingerprint density at radius 1 is 0.373 bits per heavy atom. The Hall–Kier alpha value is -4.51. The van der Waals surface area contributed by atoms with Gasteiger partial charge in [-0.05, 0) is 55.6 Å². The van der Waals surface area contributed by atoms with Gasteiger partial charge in [-0.1, -0.05) is 226 Å². The lowest BCUT2D eigenvalue weighted by molar-refractivity contribution is 0.683. The van der Waals surface area contributed by atoms with E-state index in [9.17, 15) is 0 Å². The fourth-order valence-electron chi connectivity index (χ4n) is 10.6. The SMILES string of the molecule is C[Si](CCCCCC[Si](c1ccccc1)(C1C=Cc2ccccc21)C1C=Cc2ccccc21)(C1C=Cc2ccccc21)C1C=Cc2ccccc21. The van der Waals surface area contributed by atoms with Crippen LogP contribution < -0.4 is 5.19 Å². The number of benzene rings is 5. The summed E-state index contributed by atoms with van der Waals surface area (Å²) in [6.07, 6.45) is 25.2. The second kappa shape index (κ2) is 13.6. The molecule has 0 aliphatic heterocycles. The molecule has 0 amide bonds. The molecule has 0 fully saturated rings. The van der Waals surface area contributed by atoms with Gasteiger partial charge in [0.1, 0.15) is 8.07 Å². The zero-order valence-electron chi connectivity index (χ0n) is 29.8. The van der Waals surface area contributed by atoms with E-state index in [0.29, 0.717) is 22.2 Å². The molecule has 4 aliphatic carbocycles. The van der Waals surface area contributed by atoms with Crippen molar-refractivity contribution in [1.29, 1.82) is 0 Å². The quantitative estimate of drug-likeness (QED) is 0.0902. The van der Waals surface area contributed by atoms with E-state index in [4.69, 9.17) is 0 Å². The zero-order valence-corrected chi connectivity index (χ0v) is 31.8. The van der Waals surface area contributed by atoms with E-state index in [2.05, 4.69) is 183 Å². The van der Waals surface area contributed by atoms with Crippen LogP contribution in [-0.4, -0.2) is 16.1 Å². The first kappa shape index (κ1) is 32.4. The molecule has 0 saturated carbocycles. The number of rotatable bonds is 12. The van der Waals surface area contributed by atoms with Crippen LogP contribution >= 0.6 is 0 Å². The fraction of sp³-hybridized carbons (Fsp3) is 0.224. The lowest BCUT2D eigenvalue weighted by Crippen LogP contribution is -2.57. The number of unbranched alkanes of at least 4 members (excludes halogenated alkanes) is 3. The summed E-state index contributed by atoms with van der Waals surface area (Å²) < 4.78 is 0. The van der Waals surface area contributed by atoms with E-state index in [1.165, 1.54) is 60.0 Å². The Labute approximate surface area is 307 Å². The van der Waals surface area contributed by atoms with Crippen LogP contribution in [-0.2, 0) is 0 Å². The monoisotopic (exact) mass is 692 g/mol. The molecule has 0 aromatic heterocycles. The van der Waals surface area contributed by atoms with Crippen molar-refractivity contribution in [2.24, 2.45) is 0 Å². The summed E-state index contributed by atoms with van der Waals surface area (Å²) in [5.41, 5.74) is 14.0. The lowest BCUT2D eigenvalue weighted by Gasteiger charge is -2.43. The van der Waals surface area contributed by atoms with Gasteiger partial charge in [-0.15, -0.1) is 0 Å². The van der Waals surface area contributed by atoms with Gasteiger partial charge >= 0.3 is 0 Å². The Bertz CT molecular complexity index is 2040. The first-order valence-corrected chi connectivity index (χ1v) is 24.5. The van der Waals surface area contributed by atoms with E-state index in [1.54, 1.807) is 27.4 Å². The van der Waals surface area contributed by atoms with Crippen LogP contribution in [0.3, 0.4) is 0 Å². The third-order valence-electron chi connectivity index (χ3n) is 13.1. The van der Waals surface area contributed by atoms with Gasteiger partial charge in [0.2, 0.25) is 0 Å².